The van der Waals surface area contributed by atoms with E-state index in [1.807, 2.05) is 13.0 Å². The molecule has 0 aliphatic rings. The summed E-state index contributed by atoms with van der Waals surface area (Å²) in [7, 11) is -3.76. The molecule has 2 amide bonds. The van der Waals surface area contributed by atoms with Crippen LogP contribution in [-0.4, -0.2) is 26.8 Å². The summed E-state index contributed by atoms with van der Waals surface area (Å²) in [5.41, 5.74) is 1.97. The van der Waals surface area contributed by atoms with Gasteiger partial charge in [0.1, 0.15) is 0 Å². The molecule has 0 radical (unpaired) electrons. The van der Waals surface area contributed by atoms with Crippen molar-refractivity contribution in [2.75, 3.05) is 11.9 Å². The van der Waals surface area contributed by atoms with Gasteiger partial charge in [-0.3, -0.25) is 9.59 Å². The first-order valence-electron chi connectivity index (χ1n) is 7.53. The van der Waals surface area contributed by atoms with Gasteiger partial charge in [0.05, 0.1) is 4.90 Å². The van der Waals surface area contributed by atoms with E-state index < -0.39 is 10.0 Å². The van der Waals surface area contributed by atoms with E-state index in [1.165, 1.54) is 24.3 Å². The van der Waals surface area contributed by atoms with Gasteiger partial charge >= 0.3 is 0 Å². The van der Waals surface area contributed by atoms with Crippen LogP contribution in [0.3, 0.4) is 0 Å². The second-order valence-electron chi connectivity index (χ2n) is 5.49. The van der Waals surface area contributed by atoms with E-state index in [-0.39, 0.29) is 29.7 Å². The van der Waals surface area contributed by atoms with E-state index in [1.54, 1.807) is 18.2 Å². The third-order valence-corrected chi connectivity index (χ3v) is 4.31. The molecule has 2 aromatic rings. The first kappa shape index (κ1) is 18.6. The molecule has 7 nitrogen and oxygen atoms in total. The molecule has 0 spiro atoms. The Labute approximate surface area is 146 Å². The van der Waals surface area contributed by atoms with E-state index in [4.69, 9.17) is 5.14 Å². The van der Waals surface area contributed by atoms with Gasteiger partial charge in [0, 0.05) is 24.2 Å². The standard InChI is InChI=1S/C17H19N3O4S/c1-12-3-2-4-13(11-12)17(22)19-10-9-16(21)20-14-5-7-15(8-6-14)25(18,23)24/h2-8,11H,9-10H2,1H3,(H,19,22)(H,20,21)(H2,18,23,24). The molecule has 25 heavy (non-hydrogen) atoms. The number of anilines is 1. The molecular weight excluding hydrogens is 342 g/mol. The number of carbonyl (C=O) groups excluding carboxylic acids is 2. The SMILES string of the molecule is Cc1cccc(C(=O)NCCC(=O)Nc2ccc(S(N)(=O)=O)cc2)c1. The molecule has 0 heterocycles. The summed E-state index contributed by atoms with van der Waals surface area (Å²) in [6.45, 7) is 2.08. The third-order valence-electron chi connectivity index (χ3n) is 3.38. The van der Waals surface area contributed by atoms with Crippen LogP contribution in [0.15, 0.2) is 53.4 Å². The molecule has 0 aliphatic heterocycles. The van der Waals surface area contributed by atoms with Crippen molar-refractivity contribution in [3.8, 4) is 0 Å². The fourth-order valence-corrected chi connectivity index (χ4v) is 2.64. The highest BCUT2D eigenvalue weighted by atomic mass is 32.2. The van der Waals surface area contributed by atoms with Gasteiger partial charge in [0.2, 0.25) is 15.9 Å². The van der Waals surface area contributed by atoms with Gasteiger partial charge in [-0.05, 0) is 43.3 Å². The lowest BCUT2D eigenvalue weighted by Crippen LogP contribution is -2.27. The van der Waals surface area contributed by atoms with Crippen LogP contribution >= 0.6 is 0 Å². The highest BCUT2D eigenvalue weighted by Gasteiger charge is 2.09. The van der Waals surface area contributed by atoms with Crippen LogP contribution in [0.5, 0.6) is 0 Å². The van der Waals surface area contributed by atoms with Gasteiger partial charge in [-0.25, -0.2) is 13.6 Å². The number of hydrogen-bond acceptors (Lipinski definition) is 4. The molecule has 0 aromatic heterocycles. The van der Waals surface area contributed by atoms with Crippen LogP contribution in [0, 0.1) is 6.92 Å². The molecular formula is C17H19N3O4S. The van der Waals surface area contributed by atoms with Crippen molar-refractivity contribution in [3.63, 3.8) is 0 Å². The average molecular weight is 361 g/mol. The third kappa shape index (κ3) is 5.70. The first-order chi connectivity index (χ1) is 11.8. The molecule has 0 atom stereocenters. The summed E-state index contributed by atoms with van der Waals surface area (Å²) in [6.07, 6.45) is 0.0918. The van der Waals surface area contributed by atoms with Crippen LogP contribution < -0.4 is 15.8 Å². The Bertz CT molecular complexity index is 877. The monoisotopic (exact) mass is 361 g/mol. The number of amides is 2. The molecule has 0 fully saturated rings. The number of rotatable bonds is 6. The van der Waals surface area contributed by atoms with Crippen LogP contribution in [0.2, 0.25) is 0 Å². The number of hydrogen-bond donors (Lipinski definition) is 3. The van der Waals surface area contributed by atoms with Crippen molar-refractivity contribution >= 4 is 27.5 Å². The minimum absolute atomic E-state index is 0.0316. The largest absolute Gasteiger partial charge is 0.352 e. The van der Waals surface area contributed by atoms with Crippen molar-refractivity contribution in [1.82, 2.24) is 5.32 Å². The van der Waals surface area contributed by atoms with Crippen molar-refractivity contribution in [3.05, 3.63) is 59.7 Å². The molecule has 0 unspecified atom stereocenters. The highest BCUT2D eigenvalue weighted by Crippen LogP contribution is 2.12. The van der Waals surface area contributed by atoms with E-state index >= 15 is 0 Å². The maximum atomic E-state index is 12.0. The van der Waals surface area contributed by atoms with Gasteiger partial charge in [-0.1, -0.05) is 17.7 Å². The molecule has 132 valence electrons. The maximum Gasteiger partial charge on any atom is 0.251 e. The number of primary sulfonamides is 1. The minimum atomic E-state index is -3.76. The van der Waals surface area contributed by atoms with Crippen LogP contribution in [0.25, 0.3) is 0 Å². The zero-order valence-electron chi connectivity index (χ0n) is 13.7. The Kier molecular flexibility index (Phi) is 5.89. The maximum absolute atomic E-state index is 12.0. The Balaban J connectivity index is 1.82. The predicted molar refractivity (Wildman–Crippen MR) is 94.6 cm³/mol. The molecule has 4 N–H and O–H groups in total. The Morgan fingerprint density at radius 2 is 1.76 bits per heavy atom. The zero-order chi connectivity index (χ0) is 18.4. The summed E-state index contributed by atoms with van der Waals surface area (Å²) in [5.74, 6) is -0.540. The fourth-order valence-electron chi connectivity index (χ4n) is 2.13. The molecule has 2 rings (SSSR count). The second-order valence-corrected chi connectivity index (χ2v) is 7.05. The van der Waals surface area contributed by atoms with Crippen molar-refractivity contribution in [2.45, 2.75) is 18.2 Å². The van der Waals surface area contributed by atoms with E-state index in [0.29, 0.717) is 11.3 Å². The van der Waals surface area contributed by atoms with Crippen molar-refractivity contribution < 1.29 is 18.0 Å². The molecule has 8 heteroatoms. The number of aryl methyl sites for hydroxylation is 1. The topological polar surface area (TPSA) is 118 Å². The molecule has 0 bridgehead atoms. The Morgan fingerprint density at radius 3 is 2.36 bits per heavy atom. The lowest BCUT2D eigenvalue weighted by molar-refractivity contribution is -0.116. The van der Waals surface area contributed by atoms with Gasteiger partial charge in [0.15, 0.2) is 0 Å². The number of nitrogens with one attached hydrogen (secondary N) is 2. The normalized spacial score (nSPS) is 11.0. The summed E-state index contributed by atoms with van der Waals surface area (Å²) in [4.78, 5) is 23.8. The Morgan fingerprint density at radius 1 is 1.08 bits per heavy atom. The lowest BCUT2D eigenvalue weighted by Gasteiger charge is -2.08. The number of sulfonamides is 1. The zero-order valence-corrected chi connectivity index (χ0v) is 14.5. The van der Waals surface area contributed by atoms with Gasteiger partial charge in [-0.15, -0.1) is 0 Å². The Hall–Kier alpha value is -2.71. The number of benzene rings is 2. The summed E-state index contributed by atoms with van der Waals surface area (Å²) < 4.78 is 22.3. The molecule has 0 saturated carbocycles. The second kappa shape index (κ2) is 7.91. The molecule has 0 aliphatic carbocycles. The minimum Gasteiger partial charge on any atom is -0.352 e. The number of nitrogens with two attached hydrogens (primary N) is 1. The summed E-state index contributed by atoms with van der Waals surface area (Å²) in [6, 6.07) is 12.7. The highest BCUT2D eigenvalue weighted by molar-refractivity contribution is 7.89. The molecule has 0 saturated heterocycles. The van der Waals surface area contributed by atoms with Crippen LogP contribution in [0.1, 0.15) is 22.3 Å². The van der Waals surface area contributed by atoms with Gasteiger partial charge < -0.3 is 10.6 Å². The van der Waals surface area contributed by atoms with Crippen LogP contribution in [0.4, 0.5) is 5.69 Å². The van der Waals surface area contributed by atoms with Crippen molar-refractivity contribution in [1.29, 1.82) is 0 Å². The van der Waals surface area contributed by atoms with Crippen LogP contribution in [-0.2, 0) is 14.8 Å². The molecule has 2 aromatic carbocycles. The quantitative estimate of drug-likeness (QED) is 0.720. The average Bonchev–Trinajstić information content (AvgIpc) is 2.54. The van der Waals surface area contributed by atoms with E-state index in [2.05, 4.69) is 10.6 Å². The number of carbonyl (C=O) groups is 2. The summed E-state index contributed by atoms with van der Waals surface area (Å²) >= 11 is 0. The van der Waals surface area contributed by atoms with Gasteiger partial charge in [-0.2, -0.15) is 0 Å². The van der Waals surface area contributed by atoms with E-state index in [9.17, 15) is 18.0 Å². The van der Waals surface area contributed by atoms with Crippen molar-refractivity contribution in [2.24, 2.45) is 5.14 Å². The first-order valence-corrected chi connectivity index (χ1v) is 9.08. The lowest BCUT2D eigenvalue weighted by atomic mass is 10.1. The van der Waals surface area contributed by atoms with E-state index in [0.717, 1.165) is 5.56 Å². The fraction of sp³-hybridized carbons (Fsp3) is 0.176. The van der Waals surface area contributed by atoms with Gasteiger partial charge in [0.25, 0.3) is 5.91 Å². The summed E-state index contributed by atoms with van der Waals surface area (Å²) in [5, 5.41) is 10.3. The predicted octanol–water partition coefficient (Wildman–Crippen LogP) is 1.40. The smallest absolute Gasteiger partial charge is 0.251 e.